The molecular weight excluding hydrogens is 226 g/mol. The van der Waals surface area contributed by atoms with Crippen LogP contribution in [0.1, 0.15) is 18.9 Å². The summed E-state index contributed by atoms with van der Waals surface area (Å²) in [5.41, 5.74) is 2.29. The Kier molecular flexibility index (Phi) is 6.22. The number of nitrogens with one attached hydrogen (secondary N) is 2. The van der Waals surface area contributed by atoms with Crippen molar-refractivity contribution in [1.82, 2.24) is 10.6 Å². The van der Waals surface area contributed by atoms with Crippen molar-refractivity contribution in [3.05, 3.63) is 29.8 Å². The third kappa shape index (κ3) is 5.19. The number of carbonyl (C=O) groups is 1. The highest BCUT2D eigenvalue weighted by Crippen LogP contribution is 2.11. The van der Waals surface area contributed by atoms with Crippen LogP contribution in [-0.4, -0.2) is 33.1 Å². The minimum Gasteiger partial charge on any atom is -0.378 e. The summed E-state index contributed by atoms with van der Waals surface area (Å²) in [4.78, 5) is 13.6. The van der Waals surface area contributed by atoms with E-state index in [2.05, 4.69) is 27.7 Å². The molecule has 0 aromatic heterocycles. The van der Waals surface area contributed by atoms with Crippen molar-refractivity contribution in [3.8, 4) is 0 Å². The summed E-state index contributed by atoms with van der Waals surface area (Å²) in [6.07, 6.45) is 0.531. The van der Waals surface area contributed by atoms with E-state index in [0.717, 1.165) is 24.3 Å². The van der Waals surface area contributed by atoms with Gasteiger partial charge in [0.05, 0.1) is 0 Å². The first-order valence-electron chi connectivity index (χ1n) is 6.37. The molecule has 4 nitrogen and oxygen atoms in total. The molecule has 1 amide bonds. The highest BCUT2D eigenvalue weighted by molar-refractivity contribution is 5.76. The molecule has 100 valence electrons. The maximum Gasteiger partial charge on any atom is 0.221 e. The first kappa shape index (κ1) is 14.5. The first-order chi connectivity index (χ1) is 8.63. The fraction of sp³-hybridized carbons (Fsp3) is 0.500. The Morgan fingerprint density at radius 2 is 1.89 bits per heavy atom. The number of hydrogen-bond donors (Lipinski definition) is 2. The Hall–Kier alpha value is -1.55. The van der Waals surface area contributed by atoms with Crippen LogP contribution in [0.5, 0.6) is 0 Å². The van der Waals surface area contributed by atoms with Crippen LogP contribution in [0, 0.1) is 0 Å². The van der Waals surface area contributed by atoms with Gasteiger partial charge >= 0.3 is 0 Å². The van der Waals surface area contributed by atoms with Gasteiger partial charge in [-0.25, -0.2) is 0 Å². The largest absolute Gasteiger partial charge is 0.378 e. The van der Waals surface area contributed by atoms with Crippen LogP contribution < -0.4 is 15.5 Å². The SMILES string of the molecule is CCNCCC(=O)NCc1ccc(N(C)C)cc1. The molecule has 0 aliphatic rings. The standard InChI is InChI=1S/C14H23N3O/c1-4-15-10-9-14(18)16-11-12-5-7-13(8-6-12)17(2)3/h5-8,15H,4,9-11H2,1-3H3,(H,16,18). The fourth-order valence-electron chi connectivity index (χ4n) is 1.58. The van der Waals surface area contributed by atoms with Crippen molar-refractivity contribution in [3.63, 3.8) is 0 Å². The molecule has 0 radical (unpaired) electrons. The minimum absolute atomic E-state index is 0.0904. The van der Waals surface area contributed by atoms with E-state index in [9.17, 15) is 4.79 Å². The predicted octanol–water partition coefficient (Wildman–Crippen LogP) is 1.37. The van der Waals surface area contributed by atoms with Crippen LogP contribution in [0.25, 0.3) is 0 Å². The Morgan fingerprint density at radius 1 is 1.22 bits per heavy atom. The zero-order valence-corrected chi connectivity index (χ0v) is 11.5. The van der Waals surface area contributed by atoms with Gasteiger partial charge in [-0.2, -0.15) is 0 Å². The number of benzene rings is 1. The van der Waals surface area contributed by atoms with Gasteiger partial charge < -0.3 is 15.5 Å². The summed E-state index contributed by atoms with van der Waals surface area (Å²) in [5, 5.41) is 6.04. The van der Waals surface area contributed by atoms with Crippen molar-refractivity contribution >= 4 is 11.6 Å². The molecule has 1 aromatic carbocycles. The van der Waals surface area contributed by atoms with E-state index >= 15 is 0 Å². The van der Waals surface area contributed by atoms with Crippen LogP contribution in [0.3, 0.4) is 0 Å². The summed E-state index contributed by atoms with van der Waals surface area (Å²) in [5.74, 6) is 0.0904. The highest BCUT2D eigenvalue weighted by atomic mass is 16.1. The van der Waals surface area contributed by atoms with Gasteiger partial charge in [-0.1, -0.05) is 19.1 Å². The molecule has 0 saturated carbocycles. The number of anilines is 1. The van der Waals surface area contributed by atoms with Gasteiger partial charge in [0.2, 0.25) is 5.91 Å². The maximum atomic E-state index is 11.5. The van der Waals surface area contributed by atoms with Crippen molar-refractivity contribution in [1.29, 1.82) is 0 Å². The topological polar surface area (TPSA) is 44.4 Å². The lowest BCUT2D eigenvalue weighted by molar-refractivity contribution is -0.121. The van der Waals surface area contributed by atoms with Crippen molar-refractivity contribution in [2.24, 2.45) is 0 Å². The number of nitrogens with zero attached hydrogens (tertiary/aromatic N) is 1. The Labute approximate surface area is 109 Å². The summed E-state index contributed by atoms with van der Waals surface area (Å²) in [7, 11) is 4.02. The second-order valence-electron chi connectivity index (χ2n) is 4.44. The average molecular weight is 249 g/mol. The average Bonchev–Trinajstić information content (AvgIpc) is 2.37. The molecule has 18 heavy (non-hydrogen) atoms. The van der Waals surface area contributed by atoms with Crippen LogP contribution in [0.4, 0.5) is 5.69 Å². The fourth-order valence-corrected chi connectivity index (χ4v) is 1.58. The molecular formula is C14H23N3O. The molecule has 0 saturated heterocycles. The third-order valence-corrected chi connectivity index (χ3v) is 2.72. The van der Waals surface area contributed by atoms with Gasteiger partial charge in [0.15, 0.2) is 0 Å². The van der Waals surface area contributed by atoms with E-state index in [-0.39, 0.29) is 5.91 Å². The van der Waals surface area contributed by atoms with E-state index in [4.69, 9.17) is 0 Å². The van der Waals surface area contributed by atoms with Crippen molar-refractivity contribution < 1.29 is 4.79 Å². The third-order valence-electron chi connectivity index (χ3n) is 2.72. The molecule has 0 atom stereocenters. The van der Waals surface area contributed by atoms with E-state index in [1.807, 2.05) is 33.2 Å². The molecule has 0 aliphatic heterocycles. The molecule has 0 unspecified atom stereocenters. The smallest absolute Gasteiger partial charge is 0.221 e. The van der Waals surface area contributed by atoms with Crippen LogP contribution in [0.2, 0.25) is 0 Å². The zero-order valence-electron chi connectivity index (χ0n) is 11.5. The summed E-state index contributed by atoms with van der Waals surface area (Å²) < 4.78 is 0. The predicted molar refractivity (Wildman–Crippen MR) is 75.8 cm³/mol. The van der Waals surface area contributed by atoms with Crippen LogP contribution in [-0.2, 0) is 11.3 Å². The number of rotatable bonds is 7. The zero-order chi connectivity index (χ0) is 13.4. The number of hydrogen-bond acceptors (Lipinski definition) is 3. The maximum absolute atomic E-state index is 11.5. The van der Waals surface area contributed by atoms with Gasteiger partial charge in [0, 0.05) is 39.3 Å². The molecule has 0 aliphatic carbocycles. The molecule has 2 N–H and O–H groups in total. The van der Waals surface area contributed by atoms with E-state index in [0.29, 0.717) is 13.0 Å². The Morgan fingerprint density at radius 3 is 2.44 bits per heavy atom. The van der Waals surface area contributed by atoms with Gasteiger partial charge in [0.1, 0.15) is 0 Å². The summed E-state index contributed by atoms with van der Waals surface area (Å²) >= 11 is 0. The van der Waals surface area contributed by atoms with Crippen molar-refractivity contribution in [2.45, 2.75) is 19.9 Å². The molecule has 0 bridgehead atoms. The number of amides is 1. The lowest BCUT2D eigenvalue weighted by Gasteiger charge is -2.13. The quantitative estimate of drug-likeness (QED) is 0.717. The monoisotopic (exact) mass is 249 g/mol. The van der Waals surface area contributed by atoms with Gasteiger partial charge in [-0.15, -0.1) is 0 Å². The first-order valence-corrected chi connectivity index (χ1v) is 6.37. The molecule has 4 heteroatoms. The normalized spacial score (nSPS) is 10.2. The number of carbonyl (C=O) groups excluding carboxylic acids is 1. The van der Waals surface area contributed by atoms with Gasteiger partial charge in [-0.3, -0.25) is 4.79 Å². The molecule has 0 spiro atoms. The lowest BCUT2D eigenvalue weighted by Crippen LogP contribution is -2.27. The second kappa shape index (κ2) is 7.71. The van der Waals surface area contributed by atoms with Gasteiger partial charge in [0.25, 0.3) is 0 Å². The lowest BCUT2D eigenvalue weighted by atomic mass is 10.2. The highest BCUT2D eigenvalue weighted by Gasteiger charge is 2.01. The Balaban J connectivity index is 2.32. The van der Waals surface area contributed by atoms with Crippen LogP contribution in [0.15, 0.2) is 24.3 Å². The molecule has 1 aromatic rings. The second-order valence-corrected chi connectivity index (χ2v) is 4.44. The van der Waals surface area contributed by atoms with Gasteiger partial charge in [-0.05, 0) is 24.2 Å². The summed E-state index contributed by atoms with van der Waals surface area (Å²) in [6.45, 7) is 4.27. The molecule has 0 fully saturated rings. The van der Waals surface area contributed by atoms with Crippen LogP contribution >= 0.6 is 0 Å². The summed E-state index contributed by atoms with van der Waals surface area (Å²) in [6, 6.07) is 8.19. The minimum atomic E-state index is 0.0904. The van der Waals surface area contributed by atoms with E-state index < -0.39 is 0 Å². The molecule has 1 rings (SSSR count). The Bertz CT molecular complexity index is 360. The van der Waals surface area contributed by atoms with E-state index in [1.54, 1.807) is 0 Å². The molecule has 0 heterocycles. The van der Waals surface area contributed by atoms with E-state index in [1.165, 1.54) is 0 Å². The van der Waals surface area contributed by atoms with Crippen molar-refractivity contribution in [2.75, 3.05) is 32.1 Å².